The van der Waals surface area contributed by atoms with Gasteiger partial charge < -0.3 is 10.4 Å². The minimum Gasteiger partial charge on any atom is -0.506 e. The molecule has 0 fully saturated rings. The number of nitrogens with zero attached hydrogens (tertiary/aromatic N) is 2. The van der Waals surface area contributed by atoms with Gasteiger partial charge in [0, 0.05) is 0 Å². The van der Waals surface area contributed by atoms with Crippen LogP contribution in [0.1, 0.15) is 27.3 Å². The van der Waals surface area contributed by atoms with Crippen molar-refractivity contribution in [2.24, 2.45) is 0 Å². The Hall–Kier alpha value is -3.41. The number of carbonyl (C=O) groups is 2. The van der Waals surface area contributed by atoms with E-state index < -0.39 is 11.7 Å². The Morgan fingerprint density at radius 2 is 1.73 bits per heavy atom. The average Bonchev–Trinajstić information content (AvgIpc) is 2.92. The Balaban J connectivity index is 1.90. The summed E-state index contributed by atoms with van der Waals surface area (Å²) >= 11 is 0. The van der Waals surface area contributed by atoms with Gasteiger partial charge in [-0.3, -0.25) is 9.59 Å². The van der Waals surface area contributed by atoms with Crippen molar-refractivity contribution in [3.05, 3.63) is 71.0 Å². The predicted molar refractivity (Wildman–Crippen MR) is 98.8 cm³/mol. The summed E-state index contributed by atoms with van der Waals surface area (Å²) in [6.45, 7) is 5.26. The summed E-state index contributed by atoms with van der Waals surface area (Å²) < 4.78 is 1.64. The number of hydrogen-bond acceptors (Lipinski definition) is 4. The smallest absolute Gasteiger partial charge is 0.297 e. The number of hydrogen-bond donors (Lipinski definition) is 2. The molecule has 3 rings (SSSR count). The SMILES string of the molecule is Cc1ccc(NC(=O)C(=O)c2c(C)nn(-c3ccccc3)c2C)c(O)c1. The third-order valence-electron chi connectivity index (χ3n) is 4.13. The lowest BCUT2D eigenvalue weighted by Gasteiger charge is -2.08. The second-order valence-electron chi connectivity index (χ2n) is 6.10. The van der Waals surface area contributed by atoms with E-state index in [2.05, 4.69) is 10.4 Å². The molecule has 2 aromatic carbocycles. The van der Waals surface area contributed by atoms with Gasteiger partial charge in [-0.05, 0) is 50.6 Å². The maximum atomic E-state index is 12.7. The lowest BCUT2D eigenvalue weighted by Crippen LogP contribution is -2.24. The van der Waals surface area contributed by atoms with E-state index in [4.69, 9.17) is 0 Å². The molecule has 0 spiro atoms. The standard InChI is InChI=1S/C20H19N3O3/c1-12-9-10-16(17(24)11-12)21-20(26)19(25)18-13(2)22-23(14(18)3)15-7-5-4-6-8-15/h4-11,24H,1-3H3,(H,21,26). The summed E-state index contributed by atoms with van der Waals surface area (Å²) in [5.74, 6) is -1.59. The van der Waals surface area contributed by atoms with Gasteiger partial charge in [-0.25, -0.2) is 4.68 Å². The van der Waals surface area contributed by atoms with E-state index in [1.807, 2.05) is 37.3 Å². The third kappa shape index (κ3) is 3.21. The minimum atomic E-state index is -0.817. The number of amides is 1. The van der Waals surface area contributed by atoms with Gasteiger partial charge in [0.2, 0.25) is 0 Å². The van der Waals surface area contributed by atoms with Crippen LogP contribution in [-0.4, -0.2) is 26.6 Å². The maximum Gasteiger partial charge on any atom is 0.297 e. The fraction of sp³-hybridized carbons (Fsp3) is 0.150. The molecule has 26 heavy (non-hydrogen) atoms. The predicted octanol–water partition coefficient (Wildman–Crippen LogP) is 3.32. The van der Waals surface area contributed by atoms with Crippen LogP contribution in [0.15, 0.2) is 48.5 Å². The highest BCUT2D eigenvalue weighted by atomic mass is 16.3. The lowest BCUT2D eigenvalue weighted by molar-refractivity contribution is -0.112. The van der Waals surface area contributed by atoms with E-state index in [1.165, 1.54) is 6.07 Å². The second-order valence-corrected chi connectivity index (χ2v) is 6.10. The zero-order valence-electron chi connectivity index (χ0n) is 14.8. The number of phenols is 1. The molecular formula is C20H19N3O3. The average molecular weight is 349 g/mol. The Morgan fingerprint density at radius 1 is 1.04 bits per heavy atom. The second kappa shape index (κ2) is 6.84. The largest absolute Gasteiger partial charge is 0.506 e. The first kappa shape index (κ1) is 17.4. The molecule has 0 bridgehead atoms. The summed E-state index contributed by atoms with van der Waals surface area (Å²) in [5.41, 5.74) is 3.17. The van der Waals surface area contributed by atoms with Crippen molar-refractivity contribution >= 4 is 17.4 Å². The minimum absolute atomic E-state index is 0.0837. The molecular weight excluding hydrogens is 330 g/mol. The van der Waals surface area contributed by atoms with Crippen LogP contribution in [0.3, 0.4) is 0 Å². The number of ketones is 1. The fourth-order valence-corrected chi connectivity index (χ4v) is 2.83. The molecule has 1 heterocycles. The zero-order chi connectivity index (χ0) is 18.8. The molecule has 0 aliphatic carbocycles. The topological polar surface area (TPSA) is 84.2 Å². The highest BCUT2D eigenvalue weighted by molar-refractivity contribution is 6.47. The molecule has 0 saturated heterocycles. The summed E-state index contributed by atoms with van der Waals surface area (Å²) in [6.07, 6.45) is 0. The first-order valence-electron chi connectivity index (χ1n) is 8.15. The zero-order valence-corrected chi connectivity index (χ0v) is 14.8. The molecule has 1 amide bonds. The lowest BCUT2D eigenvalue weighted by atomic mass is 10.1. The summed E-state index contributed by atoms with van der Waals surface area (Å²) in [5, 5.41) is 16.8. The van der Waals surface area contributed by atoms with Crippen LogP contribution >= 0.6 is 0 Å². The van der Waals surface area contributed by atoms with Crippen LogP contribution in [0.5, 0.6) is 5.75 Å². The highest BCUT2D eigenvalue weighted by Crippen LogP contribution is 2.25. The number of aryl methyl sites for hydroxylation is 2. The first-order chi connectivity index (χ1) is 12.4. The van der Waals surface area contributed by atoms with Gasteiger partial charge in [0.1, 0.15) is 5.75 Å². The van der Waals surface area contributed by atoms with Crippen LogP contribution in [0.25, 0.3) is 5.69 Å². The van der Waals surface area contributed by atoms with Crippen LogP contribution in [-0.2, 0) is 4.79 Å². The number of aromatic hydroxyl groups is 1. The van der Waals surface area contributed by atoms with Crippen molar-refractivity contribution in [1.29, 1.82) is 0 Å². The van der Waals surface area contributed by atoms with E-state index in [9.17, 15) is 14.7 Å². The third-order valence-corrected chi connectivity index (χ3v) is 4.13. The number of aromatic nitrogens is 2. The Bertz CT molecular complexity index is 991. The molecule has 132 valence electrons. The maximum absolute atomic E-state index is 12.7. The molecule has 2 N–H and O–H groups in total. The summed E-state index contributed by atoms with van der Waals surface area (Å²) in [6, 6.07) is 14.2. The molecule has 0 aliphatic rings. The van der Waals surface area contributed by atoms with Gasteiger partial charge in [-0.15, -0.1) is 0 Å². The van der Waals surface area contributed by atoms with E-state index in [-0.39, 0.29) is 17.0 Å². The number of rotatable bonds is 4. The highest BCUT2D eigenvalue weighted by Gasteiger charge is 2.25. The van der Waals surface area contributed by atoms with Gasteiger partial charge in [0.05, 0.1) is 28.3 Å². The van der Waals surface area contributed by atoms with E-state index in [0.717, 1.165) is 11.3 Å². The first-order valence-corrected chi connectivity index (χ1v) is 8.15. The Morgan fingerprint density at radius 3 is 2.38 bits per heavy atom. The Labute approximate surface area is 151 Å². The van der Waals surface area contributed by atoms with Gasteiger partial charge in [0.25, 0.3) is 11.7 Å². The van der Waals surface area contributed by atoms with Crippen LogP contribution in [0, 0.1) is 20.8 Å². The number of anilines is 1. The molecule has 6 nitrogen and oxygen atoms in total. The Kier molecular flexibility index (Phi) is 4.58. The molecule has 0 aliphatic heterocycles. The molecule has 1 aromatic heterocycles. The summed E-state index contributed by atoms with van der Waals surface area (Å²) in [4.78, 5) is 25.1. The van der Waals surface area contributed by atoms with Gasteiger partial charge in [-0.2, -0.15) is 5.10 Å². The van der Waals surface area contributed by atoms with E-state index in [0.29, 0.717) is 11.4 Å². The monoisotopic (exact) mass is 349 g/mol. The molecule has 6 heteroatoms. The van der Waals surface area contributed by atoms with Crippen molar-refractivity contribution in [2.75, 3.05) is 5.32 Å². The number of Topliss-reactive ketones (excluding diaryl/α,β-unsaturated/α-hetero) is 1. The van der Waals surface area contributed by atoms with Crippen molar-refractivity contribution in [3.8, 4) is 11.4 Å². The number of benzene rings is 2. The quantitative estimate of drug-likeness (QED) is 0.430. The van der Waals surface area contributed by atoms with Crippen LogP contribution in [0.2, 0.25) is 0 Å². The molecule has 0 radical (unpaired) electrons. The van der Waals surface area contributed by atoms with Crippen molar-refractivity contribution in [1.82, 2.24) is 9.78 Å². The fourth-order valence-electron chi connectivity index (χ4n) is 2.83. The van der Waals surface area contributed by atoms with E-state index in [1.54, 1.807) is 30.7 Å². The molecule has 0 saturated carbocycles. The van der Waals surface area contributed by atoms with Crippen molar-refractivity contribution in [2.45, 2.75) is 20.8 Å². The summed E-state index contributed by atoms with van der Waals surface area (Å²) in [7, 11) is 0. The number of phenolic OH excluding ortho intramolecular Hbond substituents is 1. The van der Waals surface area contributed by atoms with Crippen LogP contribution in [0.4, 0.5) is 5.69 Å². The van der Waals surface area contributed by atoms with Crippen LogP contribution < -0.4 is 5.32 Å². The van der Waals surface area contributed by atoms with Gasteiger partial charge in [0.15, 0.2) is 0 Å². The number of para-hydroxylation sites is 1. The van der Waals surface area contributed by atoms with Gasteiger partial charge in [-0.1, -0.05) is 24.3 Å². The molecule has 3 aromatic rings. The number of carbonyl (C=O) groups excluding carboxylic acids is 2. The van der Waals surface area contributed by atoms with Gasteiger partial charge >= 0.3 is 0 Å². The molecule has 0 unspecified atom stereocenters. The van der Waals surface area contributed by atoms with E-state index >= 15 is 0 Å². The van der Waals surface area contributed by atoms with Crippen molar-refractivity contribution in [3.63, 3.8) is 0 Å². The normalized spacial score (nSPS) is 10.6. The molecule has 0 atom stereocenters. The number of nitrogens with one attached hydrogen (secondary N) is 1. The van der Waals surface area contributed by atoms with Crippen molar-refractivity contribution < 1.29 is 14.7 Å².